The first-order chi connectivity index (χ1) is 12.7. The smallest absolute Gasteiger partial charge is 0.161 e. The Kier molecular flexibility index (Phi) is 5.66. The zero-order valence-corrected chi connectivity index (χ0v) is 14.7. The number of aliphatic hydroxyl groups excluding tert-OH is 1. The molecule has 0 saturated heterocycles. The molecule has 26 heavy (non-hydrogen) atoms. The van der Waals surface area contributed by atoms with E-state index in [2.05, 4.69) is 15.3 Å². The molecule has 1 aromatic heterocycles. The van der Waals surface area contributed by atoms with Gasteiger partial charge in [-0.2, -0.15) is 0 Å². The fourth-order valence-electron chi connectivity index (χ4n) is 2.60. The number of hydrogen-bond acceptors (Lipinski definition) is 6. The fraction of sp³-hybridized carbons (Fsp3) is 0.200. The zero-order valence-electron chi connectivity index (χ0n) is 14.7. The van der Waals surface area contributed by atoms with Crippen LogP contribution in [-0.2, 0) is 0 Å². The van der Waals surface area contributed by atoms with Gasteiger partial charge < -0.3 is 19.9 Å². The van der Waals surface area contributed by atoms with Crippen molar-refractivity contribution in [3.8, 4) is 22.8 Å². The van der Waals surface area contributed by atoms with E-state index in [0.29, 0.717) is 23.9 Å². The summed E-state index contributed by atoms with van der Waals surface area (Å²) >= 11 is 0. The molecule has 3 aromatic rings. The molecule has 6 heteroatoms. The largest absolute Gasteiger partial charge is 0.493 e. The Labute approximate surface area is 152 Å². The van der Waals surface area contributed by atoms with Crippen LogP contribution in [0, 0.1) is 0 Å². The molecule has 2 aromatic carbocycles. The second-order valence-electron chi connectivity index (χ2n) is 5.67. The van der Waals surface area contributed by atoms with E-state index in [9.17, 15) is 5.11 Å². The number of aliphatic hydroxyl groups is 1. The molecule has 0 aliphatic rings. The minimum Gasteiger partial charge on any atom is -0.493 e. The molecule has 0 spiro atoms. The van der Waals surface area contributed by atoms with Crippen LogP contribution in [0.25, 0.3) is 11.3 Å². The van der Waals surface area contributed by atoms with E-state index in [-0.39, 0.29) is 0 Å². The van der Waals surface area contributed by atoms with E-state index in [4.69, 9.17) is 9.47 Å². The Balaban J connectivity index is 1.74. The van der Waals surface area contributed by atoms with Crippen molar-refractivity contribution >= 4 is 5.82 Å². The van der Waals surface area contributed by atoms with E-state index < -0.39 is 6.10 Å². The Morgan fingerprint density at radius 2 is 1.73 bits per heavy atom. The van der Waals surface area contributed by atoms with Gasteiger partial charge in [0, 0.05) is 18.2 Å². The van der Waals surface area contributed by atoms with Crippen LogP contribution in [0.2, 0.25) is 0 Å². The Bertz CT molecular complexity index is 856. The minimum absolute atomic E-state index is 0.354. The molecule has 1 atom stereocenters. The quantitative estimate of drug-likeness (QED) is 0.680. The first-order valence-electron chi connectivity index (χ1n) is 8.22. The van der Waals surface area contributed by atoms with Gasteiger partial charge >= 0.3 is 0 Å². The number of aromatic nitrogens is 2. The average Bonchev–Trinajstić information content (AvgIpc) is 2.72. The summed E-state index contributed by atoms with van der Waals surface area (Å²) in [6.45, 7) is 0.354. The summed E-state index contributed by atoms with van der Waals surface area (Å²) in [5.41, 5.74) is 2.49. The van der Waals surface area contributed by atoms with Crippen LogP contribution in [-0.4, -0.2) is 35.8 Å². The monoisotopic (exact) mass is 351 g/mol. The second-order valence-corrected chi connectivity index (χ2v) is 5.67. The number of nitrogens with zero attached hydrogens (tertiary/aromatic N) is 2. The van der Waals surface area contributed by atoms with Crippen molar-refractivity contribution in [2.45, 2.75) is 6.10 Å². The van der Waals surface area contributed by atoms with Crippen molar-refractivity contribution in [1.82, 2.24) is 9.97 Å². The fourth-order valence-corrected chi connectivity index (χ4v) is 2.60. The minimum atomic E-state index is -0.615. The maximum atomic E-state index is 10.3. The number of rotatable bonds is 7. The van der Waals surface area contributed by atoms with Crippen LogP contribution in [0.5, 0.6) is 11.5 Å². The number of nitrogens with one attached hydrogen (secondary N) is 1. The van der Waals surface area contributed by atoms with Crippen LogP contribution in [0.3, 0.4) is 0 Å². The maximum absolute atomic E-state index is 10.3. The zero-order chi connectivity index (χ0) is 18.4. The molecule has 0 radical (unpaired) electrons. The average molecular weight is 351 g/mol. The van der Waals surface area contributed by atoms with E-state index >= 15 is 0 Å². The SMILES string of the molecule is COc1ccc(-c2cc(NCC(O)c3ccccc3)ncn2)cc1OC. The number of hydrogen-bond donors (Lipinski definition) is 2. The van der Waals surface area contributed by atoms with Crippen molar-refractivity contribution < 1.29 is 14.6 Å². The third-order valence-electron chi connectivity index (χ3n) is 4.01. The normalized spacial score (nSPS) is 11.7. The summed E-state index contributed by atoms with van der Waals surface area (Å²) in [6, 6.07) is 16.9. The molecule has 0 aliphatic carbocycles. The molecule has 1 heterocycles. The summed E-state index contributed by atoms with van der Waals surface area (Å²) in [4.78, 5) is 8.53. The summed E-state index contributed by atoms with van der Waals surface area (Å²) < 4.78 is 10.6. The molecule has 2 N–H and O–H groups in total. The number of anilines is 1. The van der Waals surface area contributed by atoms with Crippen LogP contribution in [0.1, 0.15) is 11.7 Å². The summed E-state index contributed by atoms with van der Waals surface area (Å²) in [5, 5.41) is 13.4. The highest BCUT2D eigenvalue weighted by Crippen LogP contribution is 2.31. The molecule has 1 unspecified atom stereocenters. The molecule has 0 aliphatic heterocycles. The highest BCUT2D eigenvalue weighted by molar-refractivity contribution is 5.66. The van der Waals surface area contributed by atoms with Crippen molar-refractivity contribution in [2.75, 3.05) is 26.1 Å². The van der Waals surface area contributed by atoms with Gasteiger partial charge in [0.25, 0.3) is 0 Å². The Morgan fingerprint density at radius 1 is 0.962 bits per heavy atom. The van der Waals surface area contributed by atoms with Gasteiger partial charge in [0.15, 0.2) is 11.5 Å². The van der Waals surface area contributed by atoms with Crippen molar-refractivity contribution in [3.05, 3.63) is 66.5 Å². The van der Waals surface area contributed by atoms with Gasteiger partial charge in [-0.1, -0.05) is 30.3 Å². The van der Waals surface area contributed by atoms with Crippen molar-refractivity contribution in [1.29, 1.82) is 0 Å². The topological polar surface area (TPSA) is 76.5 Å². The van der Waals surface area contributed by atoms with E-state index in [1.807, 2.05) is 54.6 Å². The van der Waals surface area contributed by atoms with Crippen molar-refractivity contribution in [2.24, 2.45) is 0 Å². The van der Waals surface area contributed by atoms with Gasteiger partial charge in [-0.05, 0) is 23.8 Å². The third-order valence-corrected chi connectivity index (χ3v) is 4.01. The molecule has 134 valence electrons. The van der Waals surface area contributed by atoms with Gasteiger partial charge in [0.05, 0.1) is 26.0 Å². The molecule has 3 rings (SSSR count). The molecule has 0 saturated carbocycles. The van der Waals surface area contributed by atoms with Crippen LogP contribution in [0.4, 0.5) is 5.82 Å². The Hall–Kier alpha value is -3.12. The molecular weight excluding hydrogens is 330 g/mol. The number of benzene rings is 2. The molecular formula is C20H21N3O3. The standard InChI is InChI=1S/C20H21N3O3/c1-25-18-9-8-15(10-19(18)26-2)16-11-20(23-13-22-16)21-12-17(24)14-6-4-3-5-7-14/h3-11,13,17,24H,12H2,1-2H3,(H,21,22,23). The maximum Gasteiger partial charge on any atom is 0.161 e. The first kappa shape index (κ1) is 17.7. The second kappa shape index (κ2) is 8.31. The lowest BCUT2D eigenvalue weighted by Gasteiger charge is -2.13. The predicted molar refractivity (Wildman–Crippen MR) is 100 cm³/mol. The van der Waals surface area contributed by atoms with E-state index in [1.54, 1.807) is 14.2 Å². The summed E-state index contributed by atoms with van der Waals surface area (Å²) in [6.07, 6.45) is 0.874. The molecule has 0 amide bonds. The van der Waals surface area contributed by atoms with Gasteiger partial charge in [-0.15, -0.1) is 0 Å². The van der Waals surface area contributed by atoms with E-state index in [0.717, 1.165) is 16.8 Å². The highest BCUT2D eigenvalue weighted by atomic mass is 16.5. The van der Waals surface area contributed by atoms with Gasteiger partial charge in [0.2, 0.25) is 0 Å². The highest BCUT2D eigenvalue weighted by Gasteiger charge is 2.10. The van der Waals surface area contributed by atoms with Gasteiger partial charge in [-0.25, -0.2) is 9.97 Å². The summed E-state index contributed by atoms with van der Waals surface area (Å²) in [5.74, 6) is 1.94. The number of ether oxygens (including phenoxy) is 2. The lowest BCUT2D eigenvalue weighted by atomic mass is 10.1. The lowest BCUT2D eigenvalue weighted by Crippen LogP contribution is -2.13. The van der Waals surface area contributed by atoms with Crippen LogP contribution >= 0.6 is 0 Å². The molecule has 6 nitrogen and oxygen atoms in total. The molecule has 0 fully saturated rings. The molecule has 0 bridgehead atoms. The summed E-state index contributed by atoms with van der Waals surface area (Å²) in [7, 11) is 3.20. The Morgan fingerprint density at radius 3 is 2.46 bits per heavy atom. The lowest BCUT2D eigenvalue weighted by molar-refractivity contribution is 0.191. The van der Waals surface area contributed by atoms with Gasteiger partial charge in [0.1, 0.15) is 12.1 Å². The first-order valence-corrected chi connectivity index (χ1v) is 8.22. The number of methoxy groups -OCH3 is 2. The predicted octanol–water partition coefficient (Wildman–Crippen LogP) is 3.31. The van der Waals surface area contributed by atoms with Crippen molar-refractivity contribution in [3.63, 3.8) is 0 Å². The van der Waals surface area contributed by atoms with Crippen LogP contribution in [0.15, 0.2) is 60.9 Å². The van der Waals surface area contributed by atoms with E-state index in [1.165, 1.54) is 6.33 Å². The van der Waals surface area contributed by atoms with Gasteiger partial charge in [-0.3, -0.25) is 0 Å². The van der Waals surface area contributed by atoms with Crippen LogP contribution < -0.4 is 14.8 Å². The third kappa shape index (κ3) is 4.10.